The van der Waals surface area contributed by atoms with Gasteiger partial charge in [0.1, 0.15) is 0 Å². The monoisotopic (exact) mass is 552 g/mol. The fourth-order valence-electron chi connectivity index (χ4n) is 5.75. The summed E-state index contributed by atoms with van der Waals surface area (Å²) in [5, 5.41) is 6.44. The fraction of sp³-hybridized carbons (Fsp3) is 0.387. The molecule has 2 amide bonds. The van der Waals surface area contributed by atoms with Crippen molar-refractivity contribution in [3.63, 3.8) is 0 Å². The van der Waals surface area contributed by atoms with Gasteiger partial charge < -0.3 is 26.0 Å². The molecule has 3 aromatic rings. The van der Waals surface area contributed by atoms with E-state index in [1.807, 2.05) is 60.7 Å². The van der Waals surface area contributed by atoms with Gasteiger partial charge in [-0.25, -0.2) is 4.79 Å². The van der Waals surface area contributed by atoms with Gasteiger partial charge in [0.25, 0.3) is 0 Å². The van der Waals surface area contributed by atoms with Crippen molar-refractivity contribution in [2.24, 2.45) is 11.7 Å². The first-order chi connectivity index (χ1) is 19.3. The molecule has 2 aliphatic heterocycles. The highest BCUT2D eigenvalue weighted by Gasteiger charge is 2.44. The summed E-state index contributed by atoms with van der Waals surface area (Å²) in [6, 6.07) is 22.7. The number of benzene rings is 3. The maximum absolute atomic E-state index is 13.7. The van der Waals surface area contributed by atoms with Crippen LogP contribution in [-0.4, -0.2) is 36.7 Å². The Balaban J connectivity index is 1.40. The Labute approximate surface area is 232 Å². The third-order valence-electron chi connectivity index (χ3n) is 7.75. The van der Waals surface area contributed by atoms with Gasteiger partial charge in [-0.05, 0) is 68.1 Å². The van der Waals surface area contributed by atoms with E-state index in [0.29, 0.717) is 43.0 Å². The molecule has 1 saturated heterocycles. The van der Waals surface area contributed by atoms with Crippen LogP contribution < -0.4 is 16.4 Å². The lowest BCUT2D eigenvalue weighted by Gasteiger charge is -2.46. The lowest BCUT2D eigenvalue weighted by atomic mass is 9.76. The van der Waals surface area contributed by atoms with Gasteiger partial charge in [-0.3, -0.25) is 0 Å². The van der Waals surface area contributed by atoms with E-state index < -0.39 is 17.8 Å². The second-order valence-electron chi connectivity index (χ2n) is 10.5. The molecule has 0 bridgehead atoms. The van der Waals surface area contributed by atoms with E-state index in [-0.39, 0.29) is 24.1 Å². The van der Waals surface area contributed by atoms with Crippen LogP contribution in [0.2, 0.25) is 0 Å². The normalized spacial score (nSPS) is 22.0. The number of ether oxygens (including phenoxy) is 1. The highest BCUT2D eigenvalue weighted by Crippen LogP contribution is 2.51. The molecule has 212 valence electrons. The fourth-order valence-corrected chi connectivity index (χ4v) is 5.75. The minimum absolute atomic E-state index is 0.0570. The first kappa shape index (κ1) is 28.0. The van der Waals surface area contributed by atoms with Crippen molar-refractivity contribution in [2.75, 3.05) is 30.3 Å². The first-order valence-electron chi connectivity index (χ1n) is 13.8. The molecule has 9 heteroatoms. The van der Waals surface area contributed by atoms with E-state index in [4.69, 9.17) is 10.5 Å². The molecule has 2 heterocycles. The topological polar surface area (TPSA) is 79.6 Å². The summed E-state index contributed by atoms with van der Waals surface area (Å²) in [6.07, 6.45) is -2.35. The van der Waals surface area contributed by atoms with Crippen molar-refractivity contribution in [3.8, 4) is 0 Å². The van der Waals surface area contributed by atoms with E-state index in [1.54, 1.807) is 4.90 Å². The van der Waals surface area contributed by atoms with Crippen LogP contribution in [-0.2, 0) is 10.9 Å². The number of halogens is 3. The molecule has 4 N–H and O–H groups in total. The summed E-state index contributed by atoms with van der Waals surface area (Å²) in [5.74, 6) is -0.0570. The molecule has 3 aromatic carbocycles. The second-order valence-corrected chi connectivity index (χ2v) is 10.5. The highest BCUT2D eigenvalue weighted by molar-refractivity contribution is 5.89. The number of nitrogens with zero attached hydrogens (tertiary/aromatic N) is 1. The lowest BCUT2D eigenvalue weighted by Crippen LogP contribution is -2.46. The van der Waals surface area contributed by atoms with Gasteiger partial charge in [-0.1, -0.05) is 48.5 Å². The summed E-state index contributed by atoms with van der Waals surface area (Å²) in [5.41, 5.74) is 7.91. The molecule has 1 fully saturated rings. The van der Waals surface area contributed by atoms with Crippen molar-refractivity contribution in [1.82, 2.24) is 4.90 Å². The minimum Gasteiger partial charge on any atom is -0.378 e. The number of para-hydroxylation sites is 1. The number of unbranched alkanes of at least 4 members (excludes halogenated alkanes) is 1. The Kier molecular flexibility index (Phi) is 8.61. The van der Waals surface area contributed by atoms with Gasteiger partial charge in [-0.2, -0.15) is 13.2 Å². The van der Waals surface area contributed by atoms with Crippen molar-refractivity contribution in [3.05, 3.63) is 95.6 Å². The van der Waals surface area contributed by atoms with E-state index >= 15 is 0 Å². The lowest BCUT2D eigenvalue weighted by molar-refractivity contribution is -0.138. The maximum Gasteiger partial charge on any atom is 0.416 e. The summed E-state index contributed by atoms with van der Waals surface area (Å²) < 4.78 is 47.6. The largest absolute Gasteiger partial charge is 0.416 e. The number of hydrogen-bond donors (Lipinski definition) is 3. The van der Waals surface area contributed by atoms with Crippen molar-refractivity contribution in [1.29, 1.82) is 0 Å². The third-order valence-corrected chi connectivity index (χ3v) is 7.75. The van der Waals surface area contributed by atoms with Gasteiger partial charge >= 0.3 is 12.2 Å². The van der Waals surface area contributed by atoms with Gasteiger partial charge in [0, 0.05) is 35.9 Å². The zero-order valence-electron chi connectivity index (χ0n) is 22.2. The zero-order valence-corrected chi connectivity index (χ0v) is 22.2. The second kappa shape index (κ2) is 12.3. The van der Waals surface area contributed by atoms with Gasteiger partial charge in [-0.15, -0.1) is 0 Å². The van der Waals surface area contributed by atoms with E-state index in [1.165, 1.54) is 12.1 Å². The smallest absolute Gasteiger partial charge is 0.378 e. The summed E-state index contributed by atoms with van der Waals surface area (Å²) in [6.45, 7) is 1.38. The predicted molar refractivity (Wildman–Crippen MR) is 150 cm³/mol. The van der Waals surface area contributed by atoms with Gasteiger partial charge in [0.2, 0.25) is 0 Å². The van der Waals surface area contributed by atoms with E-state index in [9.17, 15) is 18.0 Å². The standard InChI is InChI=1S/C31H35F3N4O2/c32-31(33,34)22-13-16-27-26(19-22)29-25(28(37-27)21-9-3-1-4-10-21)15-14-24(40-29)20-38(18-8-7-17-35)30(39)36-23-11-5-2-6-12-23/h1-6,9-13,16,19,24-25,28-29,37H,7-8,14-15,17-18,20,35H2,(H,36,39)/t24-,25+,28+,29+/m1/s1. The molecule has 40 heavy (non-hydrogen) atoms. The molecule has 0 unspecified atom stereocenters. The summed E-state index contributed by atoms with van der Waals surface area (Å²) in [7, 11) is 0. The molecule has 0 saturated carbocycles. The molecule has 0 aromatic heterocycles. The number of carbonyl (C=O) groups excluding carboxylic acids is 1. The van der Waals surface area contributed by atoms with Crippen LogP contribution in [0.15, 0.2) is 78.9 Å². The van der Waals surface area contributed by atoms with Crippen molar-refractivity contribution >= 4 is 17.4 Å². The van der Waals surface area contributed by atoms with Crippen LogP contribution in [0.25, 0.3) is 0 Å². The number of amides is 2. The number of alkyl halides is 3. The van der Waals surface area contributed by atoms with Crippen LogP contribution >= 0.6 is 0 Å². The van der Waals surface area contributed by atoms with Crippen LogP contribution in [0.3, 0.4) is 0 Å². The van der Waals surface area contributed by atoms with E-state index in [0.717, 1.165) is 30.9 Å². The number of nitrogens with two attached hydrogens (primary N) is 1. The molecular formula is C31H35F3N4O2. The SMILES string of the molecule is NCCCCN(C[C@H]1CC[C@@H]2[C@H](O1)c1cc(C(F)(F)F)ccc1N[C@H]2c1ccccc1)C(=O)Nc1ccccc1. The summed E-state index contributed by atoms with van der Waals surface area (Å²) >= 11 is 0. The molecule has 0 spiro atoms. The Morgan fingerprint density at radius 1 is 1.00 bits per heavy atom. The maximum atomic E-state index is 13.7. The molecule has 0 aliphatic carbocycles. The molecule has 4 atom stereocenters. The number of urea groups is 1. The summed E-state index contributed by atoms with van der Waals surface area (Å²) in [4.78, 5) is 15.0. The molecular weight excluding hydrogens is 517 g/mol. The van der Waals surface area contributed by atoms with Crippen LogP contribution in [0.5, 0.6) is 0 Å². The van der Waals surface area contributed by atoms with Crippen molar-refractivity contribution in [2.45, 2.75) is 50.1 Å². The highest BCUT2D eigenvalue weighted by atomic mass is 19.4. The number of rotatable bonds is 8. The third kappa shape index (κ3) is 6.42. The Bertz CT molecular complexity index is 1270. The predicted octanol–water partition coefficient (Wildman–Crippen LogP) is 6.98. The minimum atomic E-state index is -4.45. The van der Waals surface area contributed by atoms with Gasteiger partial charge in [0.05, 0.1) is 23.8 Å². The van der Waals surface area contributed by atoms with Crippen LogP contribution in [0.1, 0.15) is 54.5 Å². The quantitative estimate of drug-likeness (QED) is 0.264. The molecule has 0 radical (unpaired) electrons. The molecule has 2 aliphatic rings. The average molecular weight is 553 g/mol. The van der Waals surface area contributed by atoms with Crippen LogP contribution in [0, 0.1) is 5.92 Å². The Hall–Kier alpha value is -3.56. The zero-order chi connectivity index (χ0) is 28.1. The van der Waals surface area contributed by atoms with Crippen molar-refractivity contribution < 1.29 is 22.7 Å². The number of fused-ring (bicyclic) bond motifs is 3. The van der Waals surface area contributed by atoms with Crippen LogP contribution in [0.4, 0.5) is 29.3 Å². The average Bonchev–Trinajstić information content (AvgIpc) is 2.96. The number of carbonyl (C=O) groups is 1. The number of nitrogens with one attached hydrogen (secondary N) is 2. The Morgan fingerprint density at radius 2 is 1.73 bits per heavy atom. The first-order valence-corrected chi connectivity index (χ1v) is 13.8. The Morgan fingerprint density at radius 3 is 2.42 bits per heavy atom. The van der Waals surface area contributed by atoms with E-state index in [2.05, 4.69) is 10.6 Å². The number of anilines is 2. The molecule has 6 nitrogen and oxygen atoms in total. The number of hydrogen-bond acceptors (Lipinski definition) is 4. The van der Waals surface area contributed by atoms with Gasteiger partial charge in [0.15, 0.2) is 0 Å². The molecule has 5 rings (SSSR count).